The molecule has 1 aliphatic carbocycles. The highest BCUT2D eigenvalue weighted by Crippen LogP contribution is 2.37. The number of nitrogens with one attached hydrogen (secondary N) is 1. The van der Waals surface area contributed by atoms with Gasteiger partial charge < -0.3 is 4.98 Å². The lowest BCUT2D eigenvalue weighted by atomic mass is 9.98. The van der Waals surface area contributed by atoms with E-state index in [0.717, 1.165) is 16.0 Å². The van der Waals surface area contributed by atoms with Gasteiger partial charge in [-0.05, 0) is 46.3 Å². The normalized spacial score (nSPS) is 17.7. The molecule has 0 amide bonds. The second-order valence-corrected chi connectivity index (χ2v) is 5.19. The molecule has 1 aliphatic rings. The number of nitrogens with zero attached hydrogens (tertiary/aromatic N) is 1. The number of hydrogen-bond donors (Lipinski definition) is 1. The lowest BCUT2D eigenvalue weighted by Crippen LogP contribution is -1.89. The van der Waals surface area contributed by atoms with Crippen molar-refractivity contribution >= 4 is 27.0 Å². The van der Waals surface area contributed by atoms with Crippen LogP contribution in [0.2, 0.25) is 0 Å². The number of rotatable bonds is 1. The van der Waals surface area contributed by atoms with Crippen LogP contribution in [0.1, 0.15) is 37.2 Å². The first-order valence-electron chi connectivity index (χ1n) is 5.47. The molecule has 0 spiro atoms. The largest absolute Gasteiger partial charge is 0.346 e. The Balaban J connectivity index is 2.13. The lowest BCUT2D eigenvalue weighted by molar-refractivity contribution is 0.729. The molecular weight excluding hydrogens is 252 g/mol. The van der Waals surface area contributed by atoms with Gasteiger partial charge in [0.2, 0.25) is 0 Å². The summed E-state index contributed by atoms with van der Waals surface area (Å²) in [7, 11) is 0. The molecule has 2 heterocycles. The van der Waals surface area contributed by atoms with Gasteiger partial charge in [0.15, 0.2) is 0 Å². The minimum absolute atomic E-state index is 0.745. The van der Waals surface area contributed by atoms with Crippen LogP contribution in [-0.2, 0) is 0 Å². The Morgan fingerprint density at radius 2 is 2.13 bits per heavy atom. The second kappa shape index (κ2) is 3.63. The van der Waals surface area contributed by atoms with Crippen LogP contribution in [-0.4, -0.2) is 9.97 Å². The standard InChI is InChI=1S/C12H13BrN2/c13-9-5-10-11(8-3-1-2-4-8)7-15-12(10)14-6-9/h5-8H,1-4H2,(H,14,15). The van der Waals surface area contributed by atoms with Crippen molar-refractivity contribution in [1.82, 2.24) is 9.97 Å². The molecule has 3 heteroatoms. The molecule has 1 saturated carbocycles. The summed E-state index contributed by atoms with van der Waals surface area (Å²) in [6, 6.07) is 2.17. The number of pyridine rings is 1. The van der Waals surface area contributed by atoms with Crippen molar-refractivity contribution in [2.45, 2.75) is 31.6 Å². The van der Waals surface area contributed by atoms with Gasteiger partial charge in [0.1, 0.15) is 5.65 Å². The molecule has 0 bridgehead atoms. The minimum Gasteiger partial charge on any atom is -0.346 e. The SMILES string of the molecule is Brc1cnc2[nH]cc(C3CCCC3)c2c1. The van der Waals surface area contributed by atoms with Crippen molar-refractivity contribution < 1.29 is 0 Å². The van der Waals surface area contributed by atoms with Gasteiger partial charge in [-0.3, -0.25) is 0 Å². The van der Waals surface area contributed by atoms with Crippen LogP contribution < -0.4 is 0 Å². The van der Waals surface area contributed by atoms with Crippen molar-refractivity contribution in [3.05, 3.63) is 28.5 Å². The van der Waals surface area contributed by atoms with Gasteiger partial charge in [-0.1, -0.05) is 12.8 Å². The van der Waals surface area contributed by atoms with Crippen LogP contribution in [0, 0.1) is 0 Å². The Kier molecular flexibility index (Phi) is 2.28. The van der Waals surface area contributed by atoms with E-state index in [1.54, 1.807) is 0 Å². The van der Waals surface area contributed by atoms with Gasteiger partial charge in [0, 0.05) is 22.3 Å². The Morgan fingerprint density at radius 3 is 2.93 bits per heavy atom. The summed E-state index contributed by atoms with van der Waals surface area (Å²) in [5, 5.41) is 1.29. The zero-order valence-electron chi connectivity index (χ0n) is 8.46. The number of hydrogen-bond acceptors (Lipinski definition) is 1. The fourth-order valence-corrected chi connectivity index (χ4v) is 2.90. The van der Waals surface area contributed by atoms with Crippen molar-refractivity contribution in [3.63, 3.8) is 0 Å². The Morgan fingerprint density at radius 1 is 1.33 bits per heavy atom. The predicted octanol–water partition coefficient (Wildman–Crippen LogP) is 3.98. The van der Waals surface area contributed by atoms with Gasteiger partial charge in [0.05, 0.1) is 0 Å². The van der Waals surface area contributed by atoms with E-state index in [0.29, 0.717) is 0 Å². The molecule has 0 atom stereocenters. The first-order chi connectivity index (χ1) is 7.34. The number of fused-ring (bicyclic) bond motifs is 1. The van der Waals surface area contributed by atoms with Crippen molar-refractivity contribution in [3.8, 4) is 0 Å². The van der Waals surface area contributed by atoms with Crippen molar-refractivity contribution in [2.75, 3.05) is 0 Å². The molecule has 0 radical (unpaired) electrons. The minimum atomic E-state index is 0.745. The third kappa shape index (κ3) is 1.59. The van der Waals surface area contributed by atoms with Crippen LogP contribution in [0.25, 0.3) is 11.0 Å². The van der Waals surface area contributed by atoms with Crippen LogP contribution in [0.4, 0.5) is 0 Å². The maximum atomic E-state index is 4.37. The van der Waals surface area contributed by atoms with Crippen molar-refractivity contribution in [1.29, 1.82) is 0 Å². The zero-order valence-corrected chi connectivity index (χ0v) is 10.0. The fourth-order valence-electron chi connectivity index (χ4n) is 2.57. The summed E-state index contributed by atoms with van der Waals surface area (Å²) < 4.78 is 1.06. The molecular formula is C12H13BrN2. The van der Waals surface area contributed by atoms with Crippen molar-refractivity contribution in [2.24, 2.45) is 0 Å². The summed E-state index contributed by atoms with van der Waals surface area (Å²) >= 11 is 3.48. The van der Waals surface area contributed by atoms with Gasteiger partial charge in [-0.2, -0.15) is 0 Å². The molecule has 1 N–H and O–H groups in total. The molecule has 2 nitrogen and oxygen atoms in total. The van der Waals surface area contributed by atoms with Crippen LogP contribution >= 0.6 is 15.9 Å². The van der Waals surface area contributed by atoms with Crippen LogP contribution in [0.5, 0.6) is 0 Å². The number of aromatic amines is 1. The summed E-state index contributed by atoms with van der Waals surface area (Å²) in [4.78, 5) is 7.63. The molecule has 0 saturated heterocycles. The second-order valence-electron chi connectivity index (χ2n) is 4.28. The number of halogens is 1. The summed E-state index contributed by atoms with van der Waals surface area (Å²) in [5.41, 5.74) is 2.47. The maximum Gasteiger partial charge on any atom is 0.137 e. The van der Waals surface area contributed by atoms with Crippen LogP contribution in [0.3, 0.4) is 0 Å². The molecule has 1 fully saturated rings. The molecule has 78 valence electrons. The summed E-state index contributed by atoms with van der Waals surface area (Å²) in [5.74, 6) is 0.745. The van der Waals surface area contributed by atoms with Gasteiger partial charge >= 0.3 is 0 Å². The lowest BCUT2D eigenvalue weighted by Gasteiger charge is -2.06. The molecule has 0 aromatic carbocycles. The average Bonchev–Trinajstić information content (AvgIpc) is 2.83. The van der Waals surface area contributed by atoms with E-state index in [-0.39, 0.29) is 0 Å². The summed E-state index contributed by atoms with van der Waals surface area (Å²) in [6.45, 7) is 0. The molecule has 2 aromatic heterocycles. The summed E-state index contributed by atoms with van der Waals surface area (Å²) in [6.07, 6.45) is 9.40. The molecule has 3 rings (SSSR count). The van der Waals surface area contributed by atoms with E-state index in [1.165, 1.54) is 36.6 Å². The van der Waals surface area contributed by atoms with E-state index >= 15 is 0 Å². The monoisotopic (exact) mass is 264 g/mol. The fraction of sp³-hybridized carbons (Fsp3) is 0.417. The molecule has 0 unspecified atom stereocenters. The third-order valence-corrected chi connectivity index (χ3v) is 3.76. The third-order valence-electron chi connectivity index (χ3n) is 3.32. The van der Waals surface area contributed by atoms with E-state index in [1.807, 2.05) is 6.20 Å². The van der Waals surface area contributed by atoms with E-state index in [9.17, 15) is 0 Å². The Hall–Kier alpha value is -0.830. The van der Waals surface area contributed by atoms with Gasteiger partial charge in [-0.25, -0.2) is 4.98 Å². The molecule has 0 aliphatic heterocycles. The van der Waals surface area contributed by atoms with Crippen LogP contribution in [0.15, 0.2) is 22.9 Å². The van der Waals surface area contributed by atoms with Gasteiger partial charge in [-0.15, -0.1) is 0 Å². The molecule has 15 heavy (non-hydrogen) atoms. The first kappa shape index (κ1) is 9.40. The highest BCUT2D eigenvalue weighted by Gasteiger charge is 2.20. The van der Waals surface area contributed by atoms with Gasteiger partial charge in [0.25, 0.3) is 0 Å². The van der Waals surface area contributed by atoms with E-state index in [4.69, 9.17) is 0 Å². The predicted molar refractivity (Wildman–Crippen MR) is 65.0 cm³/mol. The zero-order chi connectivity index (χ0) is 10.3. The molecule has 2 aromatic rings. The number of H-pyrrole nitrogens is 1. The maximum absolute atomic E-state index is 4.37. The van der Waals surface area contributed by atoms with E-state index < -0.39 is 0 Å². The topological polar surface area (TPSA) is 28.7 Å². The highest BCUT2D eigenvalue weighted by molar-refractivity contribution is 9.10. The highest BCUT2D eigenvalue weighted by atomic mass is 79.9. The average molecular weight is 265 g/mol. The van der Waals surface area contributed by atoms with E-state index in [2.05, 4.69) is 38.2 Å². The number of aromatic nitrogens is 2. The smallest absolute Gasteiger partial charge is 0.137 e. The Labute approximate surface area is 97.2 Å². The Bertz CT molecular complexity index is 483. The first-order valence-corrected chi connectivity index (χ1v) is 6.26. The quantitative estimate of drug-likeness (QED) is 0.829.